The molecular weight excluding hydrogens is 216 g/mol. The number of benzene rings is 1. The zero-order valence-corrected chi connectivity index (χ0v) is 11.1. The van der Waals surface area contributed by atoms with Crippen LogP contribution in [0.2, 0.25) is 0 Å². The van der Waals surface area contributed by atoms with Crippen molar-refractivity contribution >= 4 is 0 Å². The van der Waals surface area contributed by atoms with E-state index in [1.54, 1.807) is 0 Å². The Morgan fingerprint density at radius 2 is 1.53 bits per heavy atom. The van der Waals surface area contributed by atoms with E-state index in [9.17, 15) is 0 Å². The molecule has 0 atom stereocenters. The van der Waals surface area contributed by atoms with Gasteiger partial charge in [-0.3, -0.25) is 0 Å². The third kappa shape index (κ3) is 5.59. The van der Waals surface area contributed by atoms with Crippen molar-refractivity contribution in [1.29, 1.82) is 0 Å². The Morgan fingerprint density at radius 1 is 0.882 bits per heavy atom. The van der Waals surface area contributed by atoms with Gasteiger partial charge in [0.15, 0.2) is 11.5 Å². The zero-order valence-electron chi connectivity index (χ0n) is 11.1. The Morgan fingerprint density at radius 3 is 2.12 bits per heavy atom. The SMILES string of the molecule is CC(C)OCCOc1ccccc1OC(C)C. The van der Waals surface area contributed by atoms with Gasteiger partial charge >= 0.3 is 0 Å². The van der Waals surface area contributed by atoms with E-state index in [0.29, 0.717) is 13.2 Å². The quantitative estimate of drug-likeness (QED) is 0.682. The van der Waals surface area contributed by atoms with Gasteiger partial charge in [0.1, 0.15) is 6.61 Å². The maximum absolute atomic E-state index is 5.66. The second-order valence-electron chi connectivity index (χ2n) is 4.38. The number of hydrogen-bond donors (Lipinski definition) is 0. The monoisotopic (exact) mass is 238 g/mol. The smallest absolute Gasteiger partial charge is 0.161 e. The summed E-state index contributed by atoms with van der Waals surface area (Å²) >= 11 is 0. The molecule has 1 aromatic rings. The average molecular weight is 238 g/mol. The topological polar surface area (TPSA) is 27.7 Å². The van der Waals surface area contributed by atoms with Gasteiger partial charge in [-0.05, 0) is 39.8 Å². The van der Waals surface area contributed by atoms with Gasteiger partial charge in [0.2, 0.25) is 0 Å². The Balaban J connectivity index is 2.46. The second kappa shape index (κ2) is 7.17. The van der Waals surface area contributed by atoms with Crippen LogP contribution in [0.25, 0.3) is 0 Å². The predicted molar refractivity (Wildman–Crippen MR) is 68.8 cm³/mol. The van der Waals surface area contributed by atoms with Crippen LogP contribution in [-0.2, 0) is 4.74 Å². The lowest BCUT2D eigenvalue weighted by molar-refractivity contribution is 0.0542. The van der Waals surface area contributed by atoms with E-state index in [1.165, 1.54) is 0 Å². The molecule has 0 radical (unpaired) electrons. The highest BCUT2D eigenvalue weighted by Crippen LogP contribution is 2.27. The van der Waals surface area contributed by atoms with Gasteiger partial charge in [-0.2, -0.15) is 0 Å². The van der Waals surface area contributed by atoms with Crippen molar-refractivity contribution in [3.63, 3.8) is 0 Å². The van der Waals surface area contributed by atoms with Crippen LogP contribution in [0.15, 0.2) is 24.3 Å². The van der Waals surface area contributed by atoms with E-state index in [1.807, 2.05) is 52.0 Å². The van der Waals surface area contributed by atoms with Gasteiger partial charge < -0.3 is 14.2 Å². The molecule has 0 aromatic heterocycles. The van der Waals surface area contributed by atoms with Crippen molar-refractivity contribution in [2.24, 2.45) is 0 Å². The van der Waals surface area contributed by atoms with Gasteiger partial charge in [-0.1, -0.05) is 12.1 Å². The minimum atomic E-state index is 0.145. The van der Waals surface area contributed by atoms with Crippen molar-refractivity contribution < 1.29 is 14.2 Å². The predicted octanol–water partition coefficient (Wildman–Crippen LogP) is 3.28. The van der Waals surface area contributed by atoms with Crippen molar-refractivity contribution in [3.05, 3.63) is 24.3 Å². The maximum atomic E-state index is 5.66. The number of rotatable bonds is 7. The Kier molecular flexibility index (Phi) is 5.84. The zero-order chi connectivity index (χ0) is 12.7. The molecule has 3 nitrogen and oxygen atoms in total. The van der Waals surface area contributed by atoms with Crippen LogP contribution in [0.4, 0.5) is 0 Å². The molecule has 0 aliphatic carbocycles. The Bertz CT molecular complexity index is 321. The molecule has 0 bridgehead atoms. The minimum Gasteiger partial charge on any atom is -0.487 e. The number of hydrogen-bond acceptors (Lipinski definition) is 3. The van der Waals surface area contributed by atoms with Gasteiger partial charge in [-0.25, -0.2) is 0 Å². The van der Waals surface area contributed by atoms with Crippen LogP contribution in [0.5, 0.6) is 11.5 Å². The van der Waals surface area contributed by atoms with Crippen molar-refractivity contribution in [2.75, 3.05) is 13.2 Å². The van der Waals surface area contributed by atoms with E-state index in [2.05, 4.69) is 0 Å². The third-order valence-corrected chi connectivity index (χ3v) is 2.00. The summed E-state index contributed by atoms with van der Waals surface area (Å²) in [6.45, 7) is 9.15. The largest absolute Gasteiger partial charge is 0.487 e. The fourth-order valence-electron chi connectivity index (χ4n) is 1.36. The highest BCUT2D eigenvalue weighted by atomic mass is 16.5. The summed E-state index contributed by atoms with van der Waals surface area (Å²) in [5, 5.41) is 0. The molecule has 0 unspecified atom stereocenters. The van der Waals surface area contributed by atoms with Crippen molar-refractivity contribution in [3.8, 4) is 11.5 Å². The molecule has 3 heteroatoms. The normalized spacial score (nSPS) is 10.9. The van der Waals surface area contributed by atoms with Crippen LogP contribution in [0.1, 0.15) is 27.7 Å². The van der Waals surface area contributed by atoms with Crippen LogP contribution >= 0.6 is 0 Å². The molecule has 17 heavy (non-hydrogen) atoms. The number of ether oxygens (including phenoxy) is 3. The second-order valence-corrected chi connectivity index (χ2v) is 4.38. The highest BCUT2D eigenvalue weighted by Gasteiger charge is 2.05. The minimum absolute atomic E-state index is 0.145. The summed E-state index contributed by atoms with van der Waals surface area (Å²) < 4.78 is 16.7. The molecule has 0 N–H and O–H groups in total. The first-order chi connectivity index (χ1) is 8.09. The lowest BCUT2D eigenvalue weighted by atomic mass is 10.3. The standard InChI is InChI=1S/C14H22O3/c1-11(2)15-9-10-16-13-7-5-6-8-14(13)17-12(3)4/h5-8,11-12H,9-10H2,1-4H3. The van der Waals surface area contributed by atoms with Crippen molar-refractivity contribution in [2.45, 2.75) is 39.9 Å². The molecule has 0 fully saturated rings. The molecule has 0 amide bonds. The molecule has 0 saturated carbocycles. The van der Waals surface area contributed by atoms with Gasteiger partial charge in [0.25, 0.3) is 0 Å². The van der Waals surface area contributed by atoms with Crippen molar-refractivity contribution in [1.82, 2.24) is 0 Å². The molecule has 0 saturated heterocycles. The molecule has 1 rings (SSSR count). The summed E-state index contributed by atoms with van der Waals surface area (Å²) in [4.78, 5) is 0. The first-order valence-electron chi connectivity index (χ1n) is 6.09. The molecular formula is C14H22O3. The van der Waals surface area contributed by atoms with E-state index in [0.717, 1.165) is 11.5 Å². The molecule has 0 aliphatic heterocycles. The molecule has 0 spiro atoms. The Labute approximate surface area is 104 Å². The highest BCUT2D eigenvalue weighted by molar-refractivity contribution is 5.39. The van der Waals surface area contributed by atoms with Gasteiger partial charge in [-0.15, -0.1) is 0 Å². The van der Waals surface area contributed by atoms with Crippen LogP contribution < -0.4 is 9.47 Å². The third-order valence-electron chi connectivity index (χ3n) is 2.00. The Hall–Kier alpha value is -1.22. The van der Waals surface area contributed by atoms with Crippen LogP contribution in [0.3, 0.4) is 0 Å². The first-order valence-corrected chi connectivity index (χ1v) is 6.09. The summed E-state index contributed by atoms with van der Waals surface area (Å²) in [6, 6.07) is 7.70. The lowest BCUT2D eigenvalue weighted by Gasteiger charge is -2.15. The van der Waals surface area contributed by atoms with Gasteiger partial charge in [0.05, 0.1) is 18.8 Å². The van der Waals surface area contributed by atoms with E-state index in [-0.39, 0.29) is 12.2 Å². The van der Waals surface area contributed by atoms with Gasteiger partial charge in [0, 0.05) is 0 Å². The van der Waals surface area contributed by atoms with E-state index < -0.39 is 0 Å². The van der Waals surface area contributed by atoms with Crippen LogP contribution in [0, 0.1) is 0 Å². The molecule has 0 heterocycles. The average Bonchev–Trinajstić information content (AvgIpc) is 2.25. The summed E-state index contributed by atoms with van der Waals surface area (Å²) in [5.41, 5.74) is 0. The number of para-hydroxylation sites is 2. The lowest BCUT2D eigenvalue weighted by Crippen LogP contribution is -2.12. The molecule has 96 valence electrons. The summed E-state index contributed by atoms with van der Waals surface area (Å²) in [6.07, 6.45) is 0.382. The fraction of sp³-hybridized carbons (Fsp3) is 0.571. The summed E-state index contributed by atoms with van der Waals surface area (Å²) in [7, 11) is 0. The molecule has 1 aromatic carbocycles. The molecule has 0 aliphatic rings. The maximum Gasteiger partial charge on any atom is 0.161 e. The van der Waals surface area contributed by atoms with Crippen LogP contribution in [-0.4, -0.2) is 25.4 Å². The summed E-state index contributed by atoms with van der Waals surface area (Å²) in [5.74, 6) is 1.56. The van der Waals surface area contributed by atoms with E-state index in [4.69, 9.17) is 14.2 Å². The van der Waals surface area contributed by atoms with E-state index >= 15 is 0 Å². The first kappa shape index (κ1) is 13.8. The fourth-order valence-corrected chi connectivity index (χ4v) is 1.36.